The molecule has 1 aliphatic heterocycles. The number of methoxy groups -OCH3 is 1. The van der Waals surface area contributed by atoms with E-state index >= 15 is 0 Å². The maximum absolute atomic E-state index is 12.4. The highest BCUT2D eigenvalue weighted by Crippen LogP contribution is 2.18. The van der Waals surface area contributed by atoms with Crippen molar-refractivity contribution < 1.29 is 9.53 Å². The third kappa shape index (κ3) is 4.95. The van der Waals surface area contributed by atoms with Crippen LogP contribution >= 0.6 is 0 Å². The number of nitrogens with one attached hydrogen (secondary N) is 1. The van der Waals surface area contributed by atoms with Gasteiger partial charge in [0.25, 0.3) is 0 Å². The van der Waals surface area contributed by atoms with Gasteiger partial charge in [-0.05, 0) is 25.0 Å². The second kappa shape index (κ2) is 8.81. The fourth-order valence-electron chi connectivity index (χ4n) is 3.22. The maximum atomic E-state index is 12.4. The summed E-state index contributed by atoms with van der Waals surface area (Å²) in [7, 11) is 1.61. The minimum Gasteiger partial charge on any atom is -0.481 e. The molecule has 0 saturated carbocycles. The number of anilines is 2. The Labute approximate surface area is 160 Å². The summed E-state index contributed by atoms with van der Waals surface area (Å²) < 4.78 is 5.23. The highest BCUT2D eigenvalue weighted by Gasteiger charge is 2.21. The Balaban J connectivity index is 1.53. The van der Waals surface area contributed by atoms with Crippen molar-refractivity contribution in [3.63, 3.8) is 0 Å². The van der Waals surface area contributed by atoms with E-state index in [4.69, 9.17) is 4.74 Å². The van der Waals surface area contributed by atoms with Gasteiger partial charge >= 0.3 is 0 Å². The number of hydrogen-bond donors (Lipinski definition) is 1. The number of hydrogen-bond acceptors (Lipinski definition) is 6. The van der Waals surface area contributed by atoms with E-state index in [-0.39, 0.29) is 5.91 Å². The van der Waals surface area contributed by atoms with E-state index < -0.39 is 0 Å². The standard InChI is InChI=1S/C20H27N5O2/c1-4-16-7-5-6-8-17(16)22-18(26)14-24-9-11-25(12-10-24)20-21-15(2)13-19(23-20)27-3/h5-8,13H,4,9-12,14H2,1-3H3,(H,22,26). The molecule has 1 N–H and O–H groups in total. The van der Waals surface area contributed by atoms with Gasteiger partial charge in [-0.1, -0.05) is 25.1 Å². The van der Waals surface area contributed by atoms with Gasteiger partial charge in [0, 0.05) is 43.6 Å². The Morgan fingerprint density at radius 2 is 1.93 bits per heavy atom. The predicted octanol–water partition coefficient (Wildman–Crippen LogP) is 2.12. The van der Waals surface area contributed by atoms with Crippen LogP contribution < -0.4 is 15.0 Å². The molecule has 1 aliphatic rings. The number of aromatic nitrogens is 2. The van der Waals surface area contributed by atoms with Crippen LogP contribution in [0.15, 0.2) is 30.3 Å². The molecule has 0 spiro atoms. The number of nitrogens with zero attached hydrogens (tertiary/aromatic N) is 4. The molecule has 1 aromatic heterocycles. The molecule has 2 aromatic rings. The molecule has 1 aromatic carbocycles. The number of aryl methyl sites for hydroxylation is 2. The van der Waals surface area contributed by atoms with Crippen LogP contribution in [0.25, 0.3) is 0 Å². The highest BCUT2D eigenvalue weighted by molar-refractivity contribution is 5.93. The Bertz CT molecular complexity index is 788. The number of ether oxygens (including phenoxy) is 1. The average molecular weight is 369 g/mol. The molecule has 7 heteroatoms. The zero-order chi connectivity index (χ0) is 19.2. The molecule has 7 nitrogen and oxygen atoms in total. The molecule has 1 fully saturated rings. The van der Waals surface area contributed by atoms with Gasteiger partial charge in [-0.25, -0.2) is 4.98 Å². The van der Waals surface area contributed by atoms with Gasteiger partial charge < -0.3 is 15.0 Å². The van der Waals surface area contributed by atoms with Gasteiger partial charge in [0.2, 0.25) is 17.7 Å². The van der Waals surface area contributed by atoms with Crippen LogP contribution in [0.3, 0.4) is 0 Å². The molecule has 0 unspecified atom stereocenters. The third-order valence-electron chi connectivity index (χ3n) is 4.72. The van der Waals surface area contributed by atoms with E-state index in [1.165, 1.54) is 0 Å². The molecular formula is C20H27N5O2. The molecule has 1 saturated heterocycles. The van der Waals surface area contributed by atoms with Crippen LogP contribution in [0.4, 0.5) is 11.6 Å². The lowest BCUT2D eigenvalue weighted by molar-refractivity contribution is -0.117. The van der Waals surface area contributed by atoms with Crippen LogP contribution in [0, 0.1) is 6.92 Å². The molecule has 0 atom stereocenters. The fraction of sp³-hybridized carbons (Fsp3) is 0.450. The lowest BCUT2D eigenvalue weighted by Gasteiger charge is -2.34. The summed E-state index contributed by atoms with van der Waals surface area (Å²) in [5.41, 5.74) is 2.94. The molecule has 0 aliphatic carbocycles. The molecular weight excluding hydrogens is 342 g/mol. The van der Waals surface area contributed by atoms with Gasteiger partial charge in [-0.15, -0.1) is 0 Å². The summed E-state index contributed by atoms with van der Waals surface area (Å²) in [5.74, 6) is 1.29. The van der Waals surface area contributed by atoms with Crippen molar-refractivity contribution in [2.24, 2.45) is 0 Å². The van der Waals surface area contributed by atoms with Gasteiger partial charge in [0.1, 0.15) is 0 Å². The van der Waals surface area contributed by atoms with Crippen LogP contribution in [-0.2, 0) is 11.2 Å². The molecule has 3 rings (SSSR count). The Kier molecular flexibility index (Phi) is 6.24. The van der Waals surface area contributed by atoms with Gasteiger partial charge in [0.15, 0.2) is 0 Å². The van der Waals surface area contributed by atoms with Crippen molar-refractivity contribution in [1.82, 2.24) is 14.9 Å². The summed E-state index contributed by atoms with van der Waals surface area (Å²) in [6, 6.07) is 9.76. The summed E-state index contributed by atoms with van der Waals surface area (Å²) in [6.07, 6.45) is 0.898. The first-order valence-corrected chi connectivity index (χ1v) is 9.33. The third-order valence-corrected chi connectivity index (χ3v) is 4.72. The van der Waals surface area contributed by atoms with Crippen LogP contribution in [0.5, 0.6) is 5.88 Å². The minimum absolute atomic E-state index is 0.0258. The number of carbonyl (C=O) groups is 1. The van der Waals surface area contributed by atoms with Crippen molar-refractivity contribution in [3.8, 4) is 5.88 Å². The van der Waals surface area contributed by atoms with E-state index in [1.54, 1.807) is 7.11 Å². The Morgan fingerprint density at radius 1 is 1.19 bits per heavy atom. The van der Waals surface area contributed by atoms with E-state index in [0.717, 1.165) is 49.5 Å². The average Bonchev–Trinajstić information content (AvgIpc) is 2.68. The molecule has 0 radical (unpaired) electrons. The number of para-hydroxylation sites is 1. The van der Waals surface area contributed by atoms with Gasteiger partial charge in [-0.3, -0.25) is 9.69 Å². The van der Waals surface area contributed by atoms with E-state index in [0.29, 0.717) is 18.4 Å². The largest absolute Gasteiger partial charge is 0.481 e. The first kappa shape index (κ1) is 19.1. The first-order valence-electron chi connectivity index (χ1n) is 9.33. The quantitative estimate of drug-likeness (QED) is 0.841. The van der Waals surface area contributed by atoms with Gasteiger partial charge in [0.05, 0.1) is 13.7 Å². The molecule has 2 heterocycles. The number of piperazine rings is 1. The van der Waals surface area contributed by atoms with E-state index in [1.807, 2.05) is 37.3 Å². The van der Waals surface area contributed by atoms with Crippen molar-refractivity contribution in [3.05, 3.63) is 41.6 Å². The first-order chi connectivity index (χ1) is 13.1. The SMILES string of the molecule is CCc1ccccc1NC(=O)CN1CCN(c2nc(C)cc(OC)n2)CC1. The smallest absolute Gasteiger partial charge is 0.238 e. The Morgan fingerprint density at radius 3 is 2.63 bits per heavy atom. The molecule has 27 heavy (non-hydrogen) atoms. The summed E-state index contributed by atoms with van der Waals surface area (Å²) >= 11 is 0. The molecule has 0 bridgehead atoms. The summed E-state index contributed by atoms with van der Waals surface area (Å²) in [6.45, 7) is 7.57. The monoisotopic (exact) mass is 369 g/mol. The number of amides is 1. The summed E-state index contributed by atoms with van der Waals surface area (Å²) in [5, 5.41) is 3.04. The van der Waals surface area contributed by atoms with Crippen LogP contribution in [-0.4, -0.2) is 60.6 Å². The number of carbonyl (C=O) groups excluding carboxylic acids is 1. The van der Waals surface area contributed by atoms with Crippen LogP contribution in [0.1, 0.15) is 18.2 Å². The molecule has 144 valence electrons. The maximum Gasteiger partial charge on any atom is 0.238 e. The zero-order valence-corrected chi connectivity index (χ0v) is 16.2. The number of rotatable bonds is 6. The lowest BCUT2D eigenvalue weighted by Crippen LogP contribution is -2.49. The number of benzene rings is 1. The Hall–Kier alpha value is -2.67. The van der Waals surface area contributed by atoms with Crippen molar-refractivity contribution in [2.75, 3.05) is 50.1 Å². The molecule has 1 amide bonds. The fourth-order valence-corrected chi connectivity index (χ4v) is 3.22. The minimum atomic E-state index is 0.0258. The van der Waals surface area contributed by atoms with Crippen molar-refractivity contribution >= 4 is 17.5 Å². The lowest BCUT2D eigenvalue weighted by atomic mass is 10.1. The normalized spacial score (nSPS) is 14.9. The van der Waals surface area contributed by atoms with E-state index in [9.17, 15) is 4.79 Å². The predicted molar refractivity (Wildman–Crippen MR) is 106 cm³/mol. The van der Waals surface area contributed by atoms with Crippen molar-refractivity contribution in [1.29, 1.82) is 0 Å². The van der Waals surface area contributed by atoms with Crippen molar-refractivity contribution in [2.45, 2.75) is 20.3 Å². The second-order valence-electron chi connectivity index (χ2n) is 6.67. The highest BCUT2D eigenvalue weighted by atomic mass is 16.5. The second-order valence-corrected chi connectivity index (χ2v) is 6.67. The van der Waals surface area contributed by atoms with E-state index in [2.05, 4.69) is 32.0 Å². The summed E-state index contributed by atoms with van der Waals surface area (Å²) in [4.78, 5) is 25.7. The topological polar surface area (TPSA) is 70.6 Å². The van der Waals surface area contributed by atoms with Crippen LogP contribution in [0.2, 0.25) is 0 Å². The van der Waals surface area contributed by atoms with Gasteiger partial charge in [-0.2, -0.15) is 4.98 Å². The zero-order valence-electron chi connectivity index (χ0n) is 16.2.